The van der Waals surface area contributed by atoms with Crippen LogP contribution in [-0.2, 0) is 17.8 Å². The molecule has 2 aliphatic rings. The highest BCUT2D eigenvalue weighted by atomic mass is 19.1. The molecule has 6 nitrogen and oxygen atoms in total. The molecule has 4 rings (SSSR count). The van der Waals surface area contributed by atoms with E-state index in [4.69, 9.17) is 0 Å². The number of aryl methyl sites for hydroxylation is 2. The van der Waals surface area contributed by atoms with Gasteiger partial charge in [0.15, 0.2) is 5.82 Å². The van der Waals surface area contributed by atoms with Gasteiger partial charge in [-0.3, -0.25) is 10.1 Å². The Kier molecular flexibility index (Phi) is 4.25. The summed E-state index contributed by atoms with van der Waals surface area (Å²) in [5.74, 6) is 1.33. The zero-order chi connectivity index (χ0) is 17.4. The Balaban J connectivity index is 1.51. The lowest BCUT2D eigenvalue weighted by atomic mass is 10.1. The Hall–Kier alpha value is -2.28. The highest BCUT2D eigenvalue weighted by Gasteiger charge is 2.36. The van der Waals surface area contributed by atoms with Gasteiger partial charge in [-0.25, -0.2) is 14.1 Å². The molecule has 3 heterocycles. The zero-order valence-electron chi connectivity index (χ0n) is 14.3. The van der Waals surface area contributed by atoms with Crippen LogP contribution in [0.4, 0.5) is 10.1 Å². The first-order valence-electron chi connectivity index (χ1n) is 8.93. The number of nitrogens with zero attached hydrogens (tertiary/aromatic N) is 4. The van der Waals surface area contributed by atoms with Gasteiger partial charge in [0.25, 0.3) is 0 Å². The molecular formula is C18H22FN5O. The molecule has 25 heavy (non-hydrogen) atoms. The third kappa shape index (κ3) is 2.93. The minimum absolute atomic E-state index is 0.0241. The largest absolute Gasteiger partial charge is 0.308 e. The van der Waals surface area contributed by atoms with E-state index >= 15 is 0 Å². The highest BCUT2D eigenvalue weighted by molar-refractivity contribution is 5.99. The summed E-state index contributed by atoms with van der Waals surface area (Å²) in [5.41, 5.74) is 0.358. The van der Waals surface area contributed by atoms with Gasteiger partial charge in [-0.05, 0) is 31.4 Å². The second kappa shape index (κ2) is 6.55. The molecule has 1 amide bonds. The average molecular weight is 343 g/mol. The summed E-state index contributed by atoms with van der Waals surface area (Å²) in [5, 5.41) is 7.95. The van der Waals surface area contributed by atoms with Gasteiger partial charge in [-0.1, -0.05) is 19.1 Å². The lowest BCUT2D eigenvalue weighted by molar-refractivity contribution is -0.119. The topological polar surface area (TPSA) is 63.1 Å². The van der Waals surface area contributed by atoms with E-state index in [0.29, 0.717) is 18.7 Å². The van der Waals surface area contributed by atoms with Crippen molar-refractivity contribution in [3.63, 3.8) is 0 Å². The summed E-state index contributed by atoms with van der Waals surface area (Å²) in [6.45, 7) is 3.44. The summed E-state index contributed by atoms with van der Waals surface area (Å²) >= 11 is 0. The number of carbonyl (C=O) groups is 1. The predicted octanol–water partition coefficient (Wildman–Crippen LogP) is 2.21. The van der Waals surface area contributed by atoms with Crippen molar-refractivity contribution in [1.29, 1.82) is 0 Å². The Morgan fingerprint density at radius 3 is 2.88 bits per heavy atom. The van der Waals surface area contributed by atoms with E-state index in [2.05, 4.69) is 15.4 Å². The molecule has 2 aliphatic heterocycles. The molecule has 0 unspecified atom stereocenters. The maximum absolute atomic E-state index is 14.0. The molecular weight excluding hydrogens is 321 g/mol. The second-order valence-corrected chi connectivity index (χ2v) is 6.61. The molecule has 132 valence electrons. The fraction of sp³-hybridized carbons (Fsp3) is 0.500. The number of benzene rings is 1. The average Bonchev–Trinajstić information content (AvgIpc) is 3.20. The first-order valence-corrected chi connectivity index (χ1v) is 8.93. The van der Waals surface area contributed by atoms with E-state index in [0.717, 1.165) is 37.5 Å². The summed E-state index contributed by atoms with van der Waals surface area (Å²) in [6, 6.07) is 6.14. The molecule has 1 fully saturated rings. The molecule has 0 radical (unpaired) electrons. The van der Waals surface area contributed by atoms with Gasteiger partial charge in [0.2, 0.25) is 5.91 Å². The number of hydrogen-bond donors (Lipinski definition) is 1. The van der Waals surface area contributed by atoms with Crippen LogP contribution in [0.2, 0.25) is 0 Å². The summed E-state index contributed by atoms with van der Waals surface area (Å²) in [7, 11) is 0. The molecule has 2 aromatic rings. The van der Waals surface area contributed by atoms with Gasteiger partial charge in [0.1, 0.15) is 11.6 Å². The molecule has 1 saturated heterocycles. The number of anilines is 1. The van der Waals surface area contributed by atoms with Crippen LogP contribution >= 0.6 is 0 Å². The first-order chi connectivity index (χ1) is 12.2. The third-order valence-electron chi connectivity index (χ3n) is 4.99. The van der Waals surface area contributed by atoms with Gasteiger partial charge in [0.05, 0.1) is 17.8 Å². The van der Waals surface area contributed by atoms with E-state index in [-0.39, 0.29) is 23.8 Å². The summed E-state index contributed by atoms with van der Waals surface area (Å²) in [6.07, 6.45) is 3.41. The van der Waals surface area contributed by atoms with E-state index < -0.39 is 0 Å². The fourth-order valence-electron chi connectivity index (χ4n) is 3.69. The first kappa shape index (κ1) is 16.2. The Bertz CT molecular complexity index is 790. The molecule has 1 N–H and O–H groups in total. The van der Waals surface area contributed by atoms with Gasteiger partial charge in [-0.2, -0.15) is 5.10 Å². The monoisotopic (exact) mass is 343 g/mol. The van der Waals surface area contributed by atoms with Crippen molar-refractivity contribution in [2.24, 2.45) is 0 Å². The van der Waals surface area contributed by atoms with Crippen LogP contribution in [-0.4, -0.2) is 33.3 Å². The summed E-state index contributed by atoms with van der Waals surface area (Å²) in [4.78, 5) is 18.9. The third-order valence-corrected chi connectivity index (χ3v) is 4.99. The number of nitrogens with one attached hydrogen (secondary N) is 1. The predicted molar refractivity (Wildman–Crippen MR) is 91.7 cm³/mol. The lowest BCUT2D eigenvalue weighted by Crippen LogP contribution is -2.42. The minimum atomic E-state index is -0.360. The van der Waals surface area contributed by atoms with Crippen molar-refractivity contribution in [3.8, 4) is 0 Å². The van der Waals surface area contributed by atoms with Gasteiger partial charge < -0.3 is 4.90 Å². The number of amides is 1. The van der Waals surface area contributed by atoms with Crippen LogP contribution < -0.4 is 10.2 Å². The Morgan fingerprint density at radius 2 is 2.08 bits per heavy atom. The normalized spacial score (nSPS) is 23.1. The molecule has 0 saturated carbocycles. The summed E-state index contributed by atoms with van der Waals surface area (Å²) < 4.78 is 16.0. The van der Waals surface area contributed by atoms with Gasteiger partial charge in [-0.15, -0.1) is 0 Å². The number of carbonyl (C=O) groups excluding carboxylic acids is 1. The number of para-hydroxylation sites is 1. The van der Waals surface area contributed by atoms with E-state index in [9.17, 15) is 9.18 Å². The number of rotatable bonds is 4. The molecule has 1 aromatic heterocycles. The molecule has 1 aromatic carbocycles. The molecule has 2 atom stereocenters. The Morgan fingerprint density at radius 1 is 1.24 bits per heavy atom. The smallest absolute Gasteiger partial charge is 0.244 e. The van der Waals surface area contributed by atoms with Crippen LogP contribution in [0, 0.1) is 5.82 Å². The van der Waals surface area contributed by atoms with Crippen molar-refractivity contribution >= 4 is 11.6 Å². The van der Waals surface area contributed by atoms with Crippen molar-refractivity contribution in [1.82, 2.24) is 20.1 Å². The Labute approximate surface area is 146 Å². The van der Waals surface area contributed by atoms with Crippen LogP contribution in [0.5, 0.6) is 0 Å². The molecule has 0 bridgehead atoms. The van der Waals surface area contributed by atoms with E-state index in [1.165, 1.54) is 11.0 Å². The molecule has 0 spiro atoms. The van der Waals surface area contributed by atoms with Crippen molar-refractivity contribution in [2.75, 3.05) is 11.4 Å². The number of fused-ring (bicyclic) bond motifs is 1. The lowest BCUT2D eigenvalue weighted by Gasteiger charge is -2.26. The van der Waals surface area contributed by atoms with Crippen LogP contribution in [0.3, 0.4) is 0 Å². The number of aromatic nitrogens is 3. The minimum Gasteiger partial charge on any atom is -0.308 e. The standard InChI is InChI=1S/C18H22FN5O/c1-2-16-21-17-13(7-5-10-24(17)22-16)20-14-9-11-23(18(14)25)15-8-4-3-6-12(15)19/h3-4,6,8,13-14,20H,2,5,7,9-11H2,1H3/t13-,14+/m1/s1. The number of halogens is 1. The maximum atomic E-state index is 14.0. The van der Waals surface area contributed by atoms with Crippen molar-refractivity contribution < 1.29 is 9.18 Å². The van der Waals surface area contributed by atoms with E-state index in [1.807, 2.05) is 11.6 Å². The maximum Gasteiger partial charge on any atom is 0.244 e. The highest BCUT2D eigenvalue weighted by Crippen LogP contribution is 2.28. The number of hydrogen-bond acceptors (Lipinski definition) is 4. The second-order valence-electron chi connectivity index (χ2n) is 6.61. The SMILES string of the molecule is CCc1nc2n(n1)CCC[C@H]2N[C@H]1CCN(c2ccccc2F)C1=O. The van der Waals surface area contributed by atoms with Crippen LogP contribution in [0.15, 0.2) is 24.3 Å². The van der Waals surface area contributed by atoms with Crippen molar-refractivity contribution in [3.05, 3.63) is 41.7 Å². The van der Waals surface area contributed by atoms with E-state index in [1.54, 1.807) is 18.2 Å². The van der Waals surface area contributed by atoms with Crippen molar-refractivity contribution in [2.45, 2.75) is 51.2 Å². The molecule has 0 aliphatic carbocycles. The van der Waals surface area contributed by atoms with Gasteiger partial charge in [0, 0.05) is 19.5 Å². The van der Waals surface area contributed by atoms with Crippen LogP contribution in [0.1, 0.15) is 43.9 Å². The molecule has 7 heteroatoms. The van der Waals surface area contributed by atoms with Crippen LogP contribution in [0.25, 0.3) is 0 Å². The zero-order valence-corrected chi connectivity index (χ0v) is 14.3. The fourth-order valence-corrected chi connectivity index (χ4v) is 3.69. The quantitative estimate of drug-likeness (QED) is 0.924. The van der Waals surface area contributed by atoms with Gasteiger partial charge >= 0.3 is 0 Å².